The Morgan fingerprint density at radius 3 is 2.53 bits per heavy atom. The van der Waals surface area contributed by atoms with E-state index in [0.29, 0.717) is 17.7 Å². The average Bonchev–Trinajstić information content (AvgIpc) is 3.47. The first-order valence-corrected chi connectivity index (χ1v) is 11.5. The minimum Gasteiger partial charge on any atom is -0.369 e. The lowest BCUT2D eigenvalue weighted by molar-refractivity contribution is 0.0815. The van der Waals surface area contributed by atoms with Gasteiger partial charge < -0.3 is 25.0 Å². The van der Waals surface area contributed by atoms with Crippen LogP contribution in [-0.4, -0.2) is 65.6 Å². The van der Waals surface area contributed by atoms with Gasteiger partial charge in [0.25, 0.3) is 5.91 Å². The van der Waals surface area contributed by atoms with Crippen molar-refractivity contribution in [1.82, 2.24) is 24.8 Å². The van der Waals surface area contributed by atoms with Crippen LogP contribution in [0.4, 0.5) is 17.3 Å². The van der Waals surface area contributed by atoms with E-state index in [-0.39, 0.29) is 5.91 Å². The van der Waals surface area contributed by atoms with Crippen LogP contribution in [0, 0.1) is 0 Å². The van der Waals surface area contributed by atoms with Gasteiger partial charge in [0.15, 0.2) is 0 Å². The third-order valence-corrected chi connectivity index (χ3v) is 6.50. The molecule has 1 aromatic carbocycles. The summed E-state index contributed by atoms with van der Waals surface area (Å²) in [4.78, 5) is 26.2. The van der Waals surface area contributed by atoms with Crippen molar-refractivity contribution >= 4 is 34.3 Å². The summed E-state index contributed by atoms with van der Waals surface area (Å²) < 4.78 is 2.14. The molecule has 0 unspecified atom stereocenters. The molecule has 2 aromatic heterocycles. The SMILES string of the molecule is CN(C)C(=O)c1cc2cnc(Nc3ccc(N4CCNCC4)cc3)nc2n1C1CCCC1. The van der Waals surface area contributed by atoms with Crippen molar-refractivity contribution < 1.29 is 4.79 Å². The zero-order valence-corrected chi connectivity index (χ0v) is 18.8. The molecule has 0 atom stereocenters. The molecular weight excluding hydrogens is 402 g/mol. The fourth-order valence-electron chi connectivity index (χ4n) is 4.80. The molecule has 8 nitrogen and oxygen atoms in total. The summed E-state index contributed by atoms with van der Waals surface area (Å²) in [7, 11) is 3.59. The van der Waals surface area contributed by atoms with Crippen LogP contribution < -0.4 is 15.5 Å². The van der Waals surface area contributed by atoms with E-state index in [1.54, 1.807) is 19.0 Å². The van der Waals surface area contributed by atoms with E-state index in [1.165, 1.54) is 18.5 Å². The van der Waals surface area contributed by atoms with E-state index in [1.807, 2.05) is 12.3 Å². The summed E-state index contributed by atoms with van der Waals surface area (Å²) in [5.41, 5.74) is 3.71. The van der Waals surface area contributed by atoms with Gasteiger partial charge in [0, 0.05) is 69.3 Å². The number of fused-ring (bicyclic) bond motifs is 1. The van der Waals surface area contributed by atoms with E-state index in [9.17, 15) is 4.79 Å². The largest absolute Gasteiger partial charge is 0.369 e. The Labute approximate surface area is 188 Å². The average molecular weight is 434 g/mol. The molecule has 1 saturated heterocycles. The third kappa shape index (κ3) is 4.02. The number of rotatable bonds is 5. The standard InChI is InChI=1S/C24H31N7O/c1-29(2)23(32)21-15-17-16-26-24(28-22(17)31(21)20-5-3-4-6-20)27-18-7-9-19(10-8-18)30-13-11-25-12-14-30/h7-10,15-16,20,25H,3-6,11-14H2,1-2H3,(H,26,27,28). The first-order valence-electron chi connectivity index (χ1n) is 11.5. The molecule has 2 fully saturated rings. The number of piperazine rings is 1. The monoisotopic (exact) mass is 433 g/mol. The van der Waals surface area contributed by atoms with Crippen molar-refractivity contribution in [2.75, 3.05) is 50.5 Å². The molecule has 3 aromatic rings. The summed E-state index contributed by atoms with van der Waals surface area (Å²) in [6.07, 6.45) is 6.36. The Morgan fingerprint density at radius 2 is 1.84 bits per heavy atom. The molecule has 0 radical (unpaired) electrons. The van der Waals surface area contributed by atoms with Crippen LogP contribution in [0.5, 0.6) is 0 Å². The second-order valence-corrected chi connectivity index (χ2v) is 8.92. The fraction of sp³-hybridized carbons (Fsp3) is 0.458. The van der Waals surface area contributed by atoms with E-state index in [0.717, 1.165) is 55.7 Å². The number of hydrogen-bond donors (Lipinski definition) is 2. The van der Waals surface area contributed by atoms with Crippen LogP contribution in [0.3, 0.4) is 0 Å². The molecule has 3 heterocycles. The highest BCUT2D eigenvalue weighted by molar-refractivity contribution is 5.97. The number of nitrogens with one attached hydrogen (secondary N) is 2. The first-order chi connectivity index (χ1) is 15.6. The maximum absolute atomic E-state index is 12.9. The molecule has 1 amide bonds. The first kappa shape index (κ1) is 20.8. The number of carbonyl (C=O) groups excluding carboxylic acids is 1. The molecule has 32 heavy (non-hydrogen) atoms. The van der Waals surface area contributed by atoms with E-state index in [4.69, 9.17) is 4.98 Å². The molecule has 5 rings (SSSR count). The van der Waals surface area contributed by atoms with Gasteiger partial charge in [-0.1, -0.05) is 12.8 Å². The fourth-order valence-corrected chi connectivity index (χ4v) is 4.80. The minimum atomic E-state index is 0.00732. The molecule has 1 aliphatic carbocycles. The second kappa shape index (κ2) is 8.78. The van der Waals surface area contributed by atoms with Gasteiger partial charge in [0.05, 0.1) is 0 Å². The highest BCUT2D eigenvalue weighted by Gasteiger charge is 2.26. The second-order valence-electron chi connectivity index (χ2n) is 8.92. The van der Waals surface area contributed by atoms with Gasteiger partial charge in [0.1, 0.15) is 11.3 Å². The predicted molar refractivity (Wildman–Crippen MR) is 128 cm³/mol. The molecule has 1 aliphatic heterocycles. The van der Waals surface area contributed by atoms with Gasteiger partial charge in [-0.2, -0.15) is 4.98 Å². The van der Waals surface area contributed by atoms with E-state index < -0.39 is 0 Å². The van der Waals surface area contributed by atoms with Crippen molar-refractivity contribution in [3.05, 3.63) is 42.2 Å². The van der Waals surface area contributed by atoms with Crippen molar-refractivity contribution in [3.8, 4) is 0 Å². The lowest BCUT2D eigenvalue weighted by Gasteiger charge is -2.29. The zero-order valence-electron chi connectivity index (χ0n) is 18.8. The van der Waals surface area contributed by atoms with Gasteiger partial charge in [-0.05, 0) is 43.2 Å². The van der Waals surface area contributed by atoms with Crippen molar-refractivity contribution in [2.24, 2.45) is 0 Å². The predicted octanol–water partition coefficient (Wildman–Crippen LogP) is 3.40. The van der Waals surface area contributed by atoms with Crippen molar-refractivity contribution in [1.29, 1.82) is 0 Å². The summed E-state index contributed by atoms with van der Waals surface area (Å²) in [5.74, 6) is 0.557. The third-order valence-electron chi connectivity index (χ3n) is 6.50. The molecule has 168 valence electrons. The number of amides is 1. The minimum absolute atomic E-state index is 0.00732. The Hall–Kier alpha value is -3.13. The van der Waals surface area contributed by atoms with Crippen LogP contribution in [0.2, 0.25) is 0 Å². The van der Waals surface area contributed by atoms with Gasteiger partial charge in [-0.25, -0.2) is 4.98 Å². The highest BCUT2D eigenvalue weighted by atomic mass is 16.2. The summed E-state index contributed by atoms with van der Waals surface area (Å²) in [6.45, 7) is 4.09. The summed E-state index contributed by atoms with van der Waals surface area (Å²) >= 11 is 0. The number of aromatic nitrogens is 3. The van der Waals surface area contributed by atoms with Gasteiger partial charge in [-0.15, -0.1) is 0 Å². The Balaban J connectivity index is 1.43. The quantitative estimate of drug-likeness (QED) is 0.642. The Kier molecular flexibility index (Phi) is 5.70. The van der Waals surface area contributed by atoms with Gasteiger partial charge in [-0.3, -0.25) is 4.79 Å². The lowest BCUT2D eigenvalue weighted by Crippen LogP contribution is -2.43. The van der Waals surface area contributed by atoms with Crippen LogP contribution in [0.25, 0.3) is 11.0 Å². The molecule has 2 N–H and O–H groups in total. The summed E-state index contributed by atoms with van der Waals surface area (Å²) in [6, 6.07) is 10.7. The van der Waals surface area contributed by atoms with Gasteiger partial charge >= 0.3 is 0 Å². The topological polar surface area (TPSA) is 78.3 Å². The number of hydrogen-bond acceptors (Lipinski definition) is 6. The normalized spacial score (nSPS) is 17.1. The molecule has 8 heteroatoms. The highest BCUT2D eigenvalue weighted by Crippen LogP contribution is 2.35. The molecule has 0 spiro atoms. The van der Waals surface area contributed by atoms with Crippen LogP contribution >= 0.6 is 0 Å². The van der Waals surface area contributed by atoms with Gasteiger partial charge in [0.2, 0.25) is 5.95 Å². The van der Waals surface area contributed by atoms with Crippen molar-refractivity contribution in [2.45, 2.75) is 31.7 Å². The van der Waals surface area contributed by atoms with E-state index in [2.05, 4.69) is 49.4 Å². The molecule has 0 bridgehead atoms. The molecule has 2 aliphatic rings. The zero-order chi connectivity index (χ0) is 22.1. The Bertz CT molecular complexity index is 1090. The molecule has 1 saturated carbocycles. The number of carbonyl (C=O) groups is 1. The maximum atomic E-state index is 12.9. The van der Waals surface area contributed by atoms with Crippen LogP contribution in [-0.2, 0) is 0 Å². The Morgan fingerprint density at radius 1 is 1.12 bits per heavy atom. The number of nitrogens with zero attached hydrogens (tertiary/aromatic N) is 5. The van der Waals surface area contributed by atoms with E-state index >= 15 is 0 Å². The molecular formula is C24H31N7O. The van der Waals surface area contributed by atoms with Crippen LogP contribution in [0.1, 0.15) is 42.2 Å². The van der Waals surface area contributed by atoms with Crippen molar-refractivity contribution in [3.63, 3.8) is 0 Å². The van der Waals surface area contributed by atoms with Crippen LogP contribution in [0.15, 0.2) is 36.5 Å². The number of benzene rings is 1. The number of anilines is 3. The lowest BCUT2D eigenvalue weighted by atomic mass is 10.2. The summed E-state index contributed by atoms with van der Waals surface area (Å²) in [5, 5.41) is 7.63. The smallest absolute Gasteiger partial charge is 0.270 e. The maximum Gasteiger partial charge on any atom is 0.270 e.